The molecule has 3 heterocycles. The predicted molar refractivity (Wildman–Crippen MR) is 125 cm³/mol. The van der Waals surface area contributed by atoms with Crippen molar-refractivity contribution in [2.75, 3.05) is 31.1 Å². The van der Waals surface area contributed by atoms with Crippen LogP contribution < -0.4 is 14.8 Å². The molecule has 1 aliphatic rings. The summed E-state index contributed by atoms with van der Waals surface area (Å²) in [6, 6.07) is 5.79. The Bertz CT molecular complexity index is 1320. The summed E-state index contributed by atoms with van der Waals surface area (Å²) in [6.45, 7) is 5.32. The van der Waals surface area contributed by atoms with Gasteiger partial charge in [0.15, 0.2) is 5.65 Å². The summed E-state index contributed by atoms with van der Waals surface area (Å²) in [4.78, 5) is 19.3. The number of nitrogens with zero attached hydrogens (tertiary/aromatic N) is 4. The van der Waals surface area contributed by atoms with E-state index in [1.165, 1.54) is 23.1 Å². The van der Waals surface area contributed by atoms with Crippen molar-refractivity contribution in [1.82, 2.24) is 24.8 Å². The van der Waals surface area contributed by atoms with Gasteiger partial charge in [0.1, 0.15) is 6.10 Å². The number of carbonyl (C=O) groups excluding carboxylic acids is 1. The monoisotopic (exact) mass is 492 g/mol. The first-order chi connectivity index (χ1) is 15.5. The molecule has 0 spiro atoms. The first-order valence-corrected chi connectivity index (χ1v) is 12.6. The van der Waals surface area contributed by atoms with Crippen LogP contribution in [-0.2, 0) is 10.0 Å². The van der Waals surface area contributed by atoms with Gasteiger partial charge < -0.3 is 15.0 Å². The average molecular weight is 493 g/mol. The van der Waals surface area contributed by atoms with Crippen LogP contribution in [0.3, 0.4) is 0 Å². The fraction of sp³-hybridized carbons (Fsp3) is 0.381. The number of fused-ring (bicyclic) bond motifs is 1. The van der Waals surface area contributed by atoms with Crippen LogP contribution in [0.4, 0.5) is 5.69 Å². The topological polar surface area (TPSA) is 118 Å². The molecule has 176 valence electrons. The minimum Gasteiger partial charge on any atom is -0.471 e. The molecule has 2 aromatic heterocycles. The average Bonchev–Trinajstić information content (AvgIpc) is 3.12. The zero-order valence-corrected chi connectivity index (χ0v) is 20.2. The molecular formula is C21H25ClN6O4S. The van der Waals surface area contributed by atoms with Crippen LogP contribution in [-0.4, -0.2) is 66.3 Å². The number of halogens is 1. The summed E-state index contributed by atoms with van der Waals surface area (Å²) in [5.74, 6) is 0.159. The van der Waals surface area contributed by atoms with E-state index in [2.05, 4.69) is 20.1 Å². The van der Waals surface area contributed by atoms with E-state index >= 15 is 0 Å². The van der Waals surface area contributed by atoms with Gasteiger partial charge in [0.2, 0.25) is 15.9 Å². The number of hydrogen-bond donors (Lipinski definition) is 2. The lowest BCUT2D eigenvalue weighted by molar-refractivity contribution is 0.0740. The highest BCUT2D eigenvalue weighted by Gasteiger charge is 2.25. The van der Waals surface area contributed by atoms with Crippen molar-refractivity contribution in [3.63, 3.8) is 0 Å². The van der Waals surface area contributed by atoms with Gasteiger partial charge in [-0.1, -0.05) is 11.6 Å². The van der Waals surface area contributed by atoms with Crippen molar-refractivity contribution in [2.24, 2.45) is 0 Å². The lowest BCUT2D eigenvalue weighted by atomic mass is 10.1. The zero-order chi connectivity index (χ0) is 23.9. The summed E-state index contributed by atoms with van der Waals surface area (Å²) in [6.07, 6.45) is 2.97. The molecule has 12 heteroatoms. The summed E-state index contributed by atoms with van der Waals surface area (Å²) in [5, 5.41) is 8.06. The third kappa shape index (κ3) is 5.05. The van der Waals surface area contributed by atoms with Gasteiger partial charge in [-0.15, -0.1) is 0 Å². The minimum absolute atomic E-state index is 0.108. The van der Waals surface area contributed by atoms with Crippen molar-refractivity contribution in [2.45, 2.75) is 26.0 Å². The Morgan fingerprint density at radius 1 is 1.36 bits per heavy atom. The number of benzene rings is 1. The molecule has 1 aliphatic heterocycles. The number of amides is 1. The second-order valence-electron chi connectivity index (χ2n) is 8.16. The lowest BCUT2D eigenvalue weighted by Crippen LogP contribution is -2.50. The van der Waals surface area contributed by atoms with Crippen LogP contribution in [0.1, 0.15) is 34.6 Å². The maximum absolute atomic E-state index is 13.3. The van der Waals surface area contributed by atoms with Gasteiger partial charge in [-0.25, -0.2) is 12.9 Å². The van der Waals surface area contributed by atoms with Crippen LogP contribution in [0.5, 0.6) is 5.88 Å². The van der Waals surface area contributed by atoms with Gasteiger partial charge in [0, 0.05) is 43.0 Å². The molecule has 1 amide bonds. The molecule has 2 N–H and O–H groups in total. The molecule has 10 nitrogen and oxygen atoms in total. The van der Waals surface area contributed by atoms with Crippen LogP contribution in [0, 0.1) is 6.92 Å². The first kappa shape index (κ1) is 23.3. The number of aryl methyl sites for hydroxylation is 1. The molecule has 1 fully saturated rings. The number of aromatic nitrogens is 3. The van der Waals surface area contributed by atoms with Crippen molar-refractivity contribution in [3.05, 3.63) is 52.3 Å². The number of rotatable bonds is 7. The first-order valence-electron chi connectivity index (χ1n) is 10.3. The highest BCUT2D eigenvalue weighted by Crippen LogP contribution is 2.27. The summed E-state index contributed by atoms with van der Waals surface area (Å²) in [7, 11) is -1.96. The molecule has 0 radical (unpaired) electrons. The van der Waals surface area contributed by atoms with E-state index in [1.54, 1.807) is 17.6 Å². The minimum atomic E-state index is -3.58. The third-order valence-electron chi connectivity index (χ3n) is 5.46. The zero-order valence-electron chi connectivity index (χ0n) is 18.7. The number of sulfonamides is 1. The smallest absolute Gasteiger partial charge is 0.256 e. The number of hydrogen-bond acceptors (Lipinski definition) is 7. The maximum atomic E-state index is 13.3. The quantitative estimate of drug-likeness (QED) is 0.519. The second-order valence-corrected chi connectivity index (χ2v) is 10.3. The van der Waals surface area contributed by atoms with Crippen molar-refractivity contribution in [3.8, 4) is 5.88 Å². The fourth-order valence-corrected chi connectivity index (χ4v) is 4.14. The van der Waals surface area contributed by atoms with E-state index in [-0.39, 0.29) is 17.4 Å². The summed E-state index contributed by atoms with van der Waals surface area (Å²) < 4.78 is 33.4. The molecule has 4 rings (SSSR count). The Morgan fingerprint density at radius 2 is 2.09 bits per heavy atom. The molecule has 0 bridgehead atoms. The predicted octanol–water partition coefficient (Wildman–Crippen LogP) is 2.25. The normalized spacial score (nSPS) is 15.2. The van der Waals surface area contributed by atoms with E-state index in [0.29, 0.717) is 22.2 Å². The number of nitrogens with one attached hydrogen (secondary N) is 2. The molecule has 0 aliphatic carbocycles. The number of carbonyl (C=O) groups is 1. The van der Waals surface area contributed by atoms with E-state index < -0.39 is 22.0 Å². The lowest BCUT2D eigenvalue weighted by Gasteiger charge is -2.27. The Labute approximate surface area is 196 Å². The molecule has 1 atom stereocenters. The van der Waals surface area contributed by atoms with E-state index in [4.69, 9.17) is 16.3 Å². The molecular weight excluding hydrogens is 468 g/mol. The van der Waals surface area contributed by atoms with Gasteiger partial charge >= 0.3 is 0 Å². The van der Waals surface area contributed by atoms with Crippen molar-refractivity contribution in [1.29, 1.82) is 0 Å². The SMILES string of the molecule is Cc1cn2nc([C@H](C)N(C)C(=O)c3cc(Cl)ccc3NS(C)(=O)=O)cc2nc1OC1CNC1. The highest BCUT2D eigenvalue weighted by molar-refractivity contribution is 7.92. The van der Waals surface area contributed by atoms with Gasteiger partial charge in [-0.2, -0.15) is 10.1 Å². The Kier molecular flexibility index (Phi) is 6.21. The highest BCUT2D eigenvalue weighted by atomic mass is 35.5. The Morgan fingerprint density at radius 3 is 2.73 bits per heavy atom. The van der Waals surface area contributed by atoms with Gasteiger partial charge in [0.05, 0.1) is 29.2 Å². The summed E-state index contributed by atoms with van der Waals surface area (Å²) >= 11 is 6.08. The second kappa shape index (κ2) is 8.81. The molecule has 1 aromatic carbocycles. The maximum Gasteiger partial charge on any atom is 0.256 e. The van der Waals surface area contributed by atoms with Crippen molar-refractivity contribution < 1.29 is 17.9 Å². The van der Waals surface area contributed by atoms with Gasteiger partial charge in [0.25, 0.3) is 5.91 Å². The van der Waals surface area contributed by atoms with E-state index in [0.717, 1.165) is 24.9 Å². The Balaban J connectivity index is 1.60. The van der Waals surface area contributed by atoms with Crippen LogP contribution in [0.2, 0.25) is 5.02 Å². The van der Waals surface area contributed by atoms with E-state index in [1.807, 2.05) is 20.0 Å². The van der Waals surface area contributed by atoms with Gasteiger partial charge in [-0.05, 0) is 32.0 Å². The third-order valence-corrected chi connectivity index (χ3v) is 6.29. The molecule has 0 unspecified atom stereocenters. The number of ether oxygens (including phenoxy) is 1. The molecule has 33 heavy (non-hydrogen) atoms. The number of anilines is 1. The van der Waals surface area contributed by atoms with Gasteiger partial charge in [-0.3, -0.25) is 9.52 Å². The summed E-state index contributed by atoms with van der Waals surface area (Å²) in [5.41, 5.74) is 2.39. The van der Waals surface area contributed by atoms with E-state index in [9.17, 15) is 13.2 Å². The standard InChI is InChI=1S/C21H25ClN6O4S/c1-12-11-28-19(24-20(12)32-15-9-23-10-15)8-18(25-28)13(2)27(3)21(29)16-7-14(22)5-6-17(16)26-33(4,30)31/h5-8,11,13,15,23,26H,9-10H2,1-4H3/t13-/m0/s1. The molecule has 3 aromatic rings. The fourth-order valence-electron chi connectivity index (χ4n) is 3.39. The van der Waals surface area contributed by atoms with Crippen LogP contribution in [0.25, 0.3) is 5.65 Å². The Hall–Kier alpha value is -2.89. The van der Waals surface area contributed by atoms with Crippen LogP contribution >= 0.6 is 11.6 Å². The van der Waals surface area contributed by atoms with Crippen molar-refractivity contribution >= 4 is 38.9 Å². The molecule has 1 saturated heterocycles. The largest absolute Gasteiger partial charge is 0.471 e. The van der Waals surface area contributed by atoms with Crippen LogP contribution in [0.15, 0.2) is 30.5 Å². The molecule has 0 saturated carbocycles.